The van der Waals surface area contributed by atoms with Gasteiger partial charge in [-0.25, -0.2) is 26.9 Å². The van der Waals surface area contributed by atoms with Crippen LogP contribution in [0.2, 0.25) is 5.15 Å². The lowest BCUT2D eigenvalue weighted by atomic mass is 9.91. The van der Waals surface area contributed by atoms with Crippen LogP contribution >= 0.6 is 22.9 Å². The predicted molar refractivity (Wildman–Crippen MR) is 128 cm³/mol. The topological polar surface area (TPSA) is 142 Å². The molecule has 36 heavy (non-hydrogen) atoms. The van der Waals surface area contributed by atoms with Crippen LogP contribution in [0.5, 0.6) is 0 Å². The Kier molecular flexibility index (Phi) is 6.39. The largest absolute Gasteiger partial charge is 0.483 e. The monoisotopic (exact) mass is 561 g/mol. The number of nitrogens with one attached hydrogen (secondary N) is 2. The summed E-state index contributed by atoms with van der Waals surface area (Å²) in [6, 6.07) is 2.27. The van der Waals surface area contributed by atoms with Crippen molar-refractivity contribution in [2.24, 2.45) is 0 Å². The number of carbonyl (C=O) groups is 1. The Morgan fingerprint density at radius 1 is 1.33 bits per heavy atom. The molecule has 4 aliphatic rings. The Labute approximate surface area is 213 Å². The third-order valence-electron chi connectivity index (χ3n) is 6.42. The van der Waals surface area contributed by atoms with Crippen molar-refractivity contribution in [3.8, 4) is 10.8 Å². The lowest BCUT2D eigenvalue weighted by Crippen LogP contribution is -2.67. The lowest BCUT2D eigenvalue weighted by Gasteiger charge is -2.49. The van der Waals surface area contributed by atoms with Gasteiger partial charge in [0.2, 0.25) is 10.0 Å². The van der Waals surface area contributed by atoms with Crippen molar-refractivity contribution in [2.45, 2.75) is 55.1 Å². The molecule has 4 fully saturated rings. The number of nitrogens with zero attached hydrogens (tertiary/aromatic N) is 5. The van der Waals surface area contributed by atoms with Crippen LogP contribution in [0.25, 0.3) is 16.3 Å². The number of alkyl halides is 2. The SMILES string of the molecule is CC1(NS(=O)(=O)c2cc(N3CC4CC(C3)N4)c3c(Cl)nc(-c4nnc(C(F)F)s4)n3c2)CC1.O=CO. The minimum Gasteiger partial charge on any atom is -0.483 e. The number of hydrogen-bond donors (Lipinski definition) is 3. The number of rotatable bonds is 6. The van der Waals surface area contributed by atoms with Crippen LogP contribution < -0.4 is 14.9 Å². The predicted octanol–water partition coefficient (Wildman–Crippen LogP) is 2.53. The first-order valence-electron chi connectivity index (χ1n) is 11.0. The first-order valence-corrected chi connectivity index (χ1v) is 13.7. The summed E-state index contributed by atoms with van der Waals surface area (Å²) >= 11 is 7.22. The number of halogens is 3. The van der Waals surface area contributed by atoms with Gasteiger partial charge in [0.15, 0.2) is 21.0 Å². The van der Waals surface area contributed by atoms with E-state index in [1.807, 2.05) is 6.92 Å². The Bertz CT molecular complexity index is 1410. The molecule has 0 aromatic carbocycles. The quantitative estimate of drug-likeness (QED) is 0.387. The average Bonchev–Trinajstić information content (AvgIpc) is 3.20. The van der Waals surface area contributed by atoms with E-state index in [1.165, 1.54) is 10.6 Å². The van der Waals surface area contributed by atoms with Gasteiger partial charge in [0.05, 0.1) is 5.69 Å². The first kappa shape index (κ1) is 25.2. The number of anilines is 1. The molecule has 3 aromatic heterocycles. The van der Waals surface area contributed by atoms with Gasteiger partial charge in [-0.1, -0.05) is 22.9 Å². The Balaban J connectivity index is 0.000000848. The molecule has 16 heteroatoms. The third kappa shape index (κ3) is 4.65. The highest BCUT2D eigenvalue weighted by Crippen LogP contribution is 2.40. The highest BCUT2D eigenvalue weighted by atomic mass is 35.5. The summed E-state index contributed by atoms with van der Waals surface area (Å²) in [4.78, 5) is 14.9. The van der Waals surface area contributed by atoms with E-state index in [4.69, 9.17) is 21.5 Å². The van der Waals surface area contributed by atoms with Crippen molar-refractivity contribution in [1.29, 1.82) is 0 Å². The minimum atomic E-state index is -3.84. The number of carboxylic acid groups (broad SMARTS) is 1. The zero-order chi connectivity index (χ0) is 25.8. The second kappa shape index (κ2) is 9.13. The van der Waals surface area contributed by atoms with Gasteiger partial charge < -0.3 is 15.3 Å². The van der Waals surface area contributed by atoms with Gasteiger partial charge >= 0.3 is 0 Å². The molecule has 3 aliphatic heterocycles. The Morgan fingerprint density at radius 2 is 1.97 bits per heavy atom. The summed E-state index contributed by atoms with van der Waals surface area (Å²) in [5, 5.41) is 17.6. The Hall–Kier alpha value is -2.46. The molecule has 2 unspecified atom stereocenters. The lowest BCUT2D eigenvalue weighted by molar-refractivity contribution is -0.122. The second-order valence-electron chi connectivity index (χ2n) is 9.22. The van der Waals surface area contributed by atoms with Gasteiger partial charge in [0, 0.05) is 36.9 Å². The zero-order valence-corrected chi connectivity index (χ0v) is 21.2. The summed E-state index contributed by atoms with van der Waals surface area (Å²) in [6.45, 7) is 3.01. The summed E-state index contributed by atoms with van der Waals surface area (Å²) in [7, 11) is -3.84. The summed E-state index contributed by atoms with van der Waals surface area (Å²) in [5.41, 5.74) is 0.696. The molecular weight excluding hydrogens is 540 g/mol. The van der Waals surface area contributed by atoms with E-state index in [-0.39, 0.29) is 27.4 Å². The molecule has 11 nitrogen and oxygen atoms in total. The fraction of sp³-hybridized carbons (Fsp3) is 0.500. The van der Waals surface area contributed by atoms with E-state index in [0.717, 1.165) is 19.3 Å². The second-order valence-corrected chi connectivity index (χ2v) is 12.3. The molecule has 3 saturated heterocycles. The van der Waals surface area contributed by atoms with Gasteiger partial charge in [-0.05, 0) is 32.3 Å². The van der Waals surface area contributed by atoms with Gasteiger partial charge in [0.25, 0.3) is 12.9 Å². The Morgan fingerprint density at radius 3 is 2.53 bits per heavy atom. The third-order valence-corrected chi connectivity index (χ3v) is 9.21. The molecule has 3 N–H and O–H groups in total. The number of sulfonamides is 1. The minimum absolute atomic E-state index is 0.0549. The van der Waals surface area contributed by atoms with Gasteiger partial charge in [-0.3, -0.25) is 9.20 Å². The molecule has 2 bridgehead atoms. The van der Waals surface area contributed by atoms with E-state index in [0.29, 0.717) is 47.7 Å². The summed E-state index contributed by atoms with van der Waals surface area (Å²) in [5.74, 6) is 0.177. The van der Waals surface area contributed by atoms with E-state index < -0.39 is 27.0 Å². The van der Waals surface area contributed by atoms with Crippen LogP contribution in [-0.2, 0) is 14.8 Å². The number of piperazine rings is 1. The van der Waals surface area contributed by atoms with Crippen LogP contribution in [-0.4, -0.2) is 70.3 Å². The number of fused-ring (bicyclic) bond motifs is 3. The van der Waals surface area contributed by atoms with Crippen LogP contribution in [0, 0.1) is 0 Å². The van der Waals surface area contributed by atoms with E-state index in [2.05, 4.69) is 30.1 Å². The van der Waals surface area contributed by atoms with Gasteiger partial charge in [-0.15, -0.1) is 10.2 Å². The van der Waals surface area contributed by atoms with E-state index in [9.17, 15) is 17.2 Å². The van der Waals surface area contributed by atoms with Crippen molar-refractivity contribution in [3.05, 3.63) is 22.4 Å². The standard InChI is InChI=1S/C19H20ClF2N7O2S2.CH2O2/c1-19(2-3-19)27-33(30,31)11-5-12(28-6-9-4-10(7-28)23-9)13-14(20)24-16(29(13)8-11)18-26-25-17(32-18)15(21)22;2-1-3/h5,8-10,15,23,27H,2-4,6-7H2,1H3;1H,(H,2,3). The first-order chi connectivity index (χ1) is 17.0. The molecule has 0 amide bonds. The molecule has 1 aliphatic carbocycles. The van der Waals surface area contributed by atoms with Crippen molar-refractivity contribution in [1.82, 2.24) is 29.6 Å². The molecule has 1 saturated carbocycles. The van der Waals surface area contributed by atoms with Crippen molar-refractivity contribution < 1.29 is 27.1 Å². The molecule has 194 valence electrons. The fourth-order valence-corrected chi connectivity index (χ4v) is 6.90. The van der Waals surface area contributed by atoms with Gasteiger partial charge in [-0.2, -0.15) is 0 Å². The van der Waals surface area contributed by atoms with Crippen molar-refractivity contribution in [3.63, 3.8) is 0 Å². The number of aromatic nitrogens is 4. The number of piperidine rings is 1. The van der Waals surface area contributed by atoms with Gasteiger partial charge in [0.1, 0.15) is 10.4 Å². The normalized spacial score (nSPS) is 22.2. The average molecular weight is 562 g/mol. The molecule has 0 spiro atoms. The number of hydrogen-bond acceptors (Lipinski definition) is 9. The van der Waals surface area contributed by atoms with Crippen LogP contribution in [0.3, 0.4) is 0 Å². The van der Waals surface area contributed by atoms with E-state index >= 15 is 0 Å². The molecule has 3 aromatic rings. The maximum atomic E-state index is 13.3. The smallest absolute Gasteiger partial charge is 0.291 e. The van der Waals surface area contributed by atoms with Crippen LogP contribution in [0.15, 0.2) is 17.2 Å². The van der Waals surface area contributed by atoms with Crippen molar-refractivity contribution >= 4 is 50.6 Å². The summed E-state index contributed by atoms with van der Waals surface area (Å²) in [6.07, 6.45) is 1.27. The maximum Gasteiger partial charge on any atom is 0.291 e. The highest BCUT2D eigenvalue weighted by Gasteiger charge is 2.42. The van der Waals surface area contributed by atoms with Crippen LogP contribution in [0.4, 0.5) is 14.5 Å². The zero-order valence-electron chi connectivity index (χ0n) is 18.9. The molecule has 6 heterocycles. The van der Waals surface area contributed by atoms with Crippen molar-refractivity contribution in [2.75, 3.05) is 18.0 Å². The van der Waals surface area contributed by atoms with Crippen LogP contribution in [0.1, 0.15) is 37.6 Å². The molecule has 2 atom stereocenters. The summed E-state index contributed by atoms with van der Waals surface area (Å²) < 4.78 is 57.0. The maximum absolute atomic E-state index is 13.3. The number of imidazole rings is 1. The highest BCUT2D eigenvalue weighted by molar-refractivity contribution is 7.89. The fourth-order valence-electron chi connectivity index (χ4n) is 4.46. The van der Waals surface area contributed by atoms with E-state index in [1.54, 1.807) is 6.07 Å². The number of pyridine rings is 1. The molecule has 0 radical (unpaired) electrons. The molecule has 7 rings (SSSR count). The molecular formula is C20H22ClF2N7O4S2.